The molecule has 0 amide bonds. The normalized spacial score (nSPS) is 37.3. The molecule has 1 heterocycles. The Morgan fingerprint density at radius 2 is 1.86 bits per heavy atom. The molecule has 4 bridgehead atoms. The van der Waals surface area contributed by atoms with Crippen LogP contribution in [-0.2, 0) is 0 Å². The molecule has 4 nitrogen and oxygen atoms in total. The summed E-state index contributed by atoms with van der Waals surface area (Å²) in [6.07, 6.45) is 9.63. The van der Waals surface area contributed by atoms with E-state index < -0.39 is 0 Å². The van der Waals surface area contributed by atoms with Crippen LogP contribution in [0.1, 0.15) is 57.6 Å². The van der Waals surface area contributed by atoms with E-state index in [9.17, 15) is 4.79 Å². The molecule has 0 spiro atoms. The van der Waals surface area contributed by atoms with Gasteiger partial charge in [-0.05, 0) is 75.0 Å². The lowest BCUT2D eigenvalue weighted by molar-refractivity contribution is -0.0637. The highest BCUT2D eigenvalue weighted by Crippen LogP contribution is 2.61. The number of hydrogen-bond donors (Lipinski definition) is 2. The van der Waals surface area contributed by atoms with Crippen LogP contribution in [0.3, 0.4) is 0 Å². The summed E-state index contributed by atoms with van der Waals surface area (Å²) in [6.45, 7) is 4.15. The lowest BCUT2D eigenvalue weighted by atomic mass is 9.47. The summed E-state index contributed by atoms with van der Waals surface area (Å²) in [4.78, 5) is 19.0. The molecule has 4 heteroatoms. The lowest BCUT2D eigenvalue weighted by Gasteiger charge is -2.59. The number of anilines is 1. The number of aromatic nitrogens is 2. The highest BCUT2D eigenvalue weighted by Gasteiger charge is 2.53. The monoisotopic (exact) mass is 301 g/mol. The van der Waals surface area contributed by atoms with Gasteiger partial charge in [0, 0.05) is 17.8 Å². The van der Waals surface area contributed by atoms with Crippen molar-refractivity contribution in [3.05, 3.63) is 22.1 Å². The third-order valence-corrected chi connectivity index (χ3v) is 6.41. The Hall–Kier alpha value is -1.32. The molecule has 4 fully saturated rings. The van der Waals surface area contributed by atoms with Gasteiger partial charge in [0.1, 0.15) is 0 Å². The molecule has 1 unspecified atom stereocenters. The van der Waals surface area contributed by atoms with Gasteiger partial charge < -0.3 is 5.32 Å². The number of aromatic amines is 1. The fourth-order valence-electron chi connectivity index (χ4n) is 6.11. The van der Waals surface area contributed by atoms with Gasteiger partial charge in [-0.1, -0.05) is 6.92 Å². The topological polar surface area (TPSA) is 57.8 Å². The van der Waals surface area contributed by atoms with Crippen molar-refractivity contribution >= 4 is 5.95 Å². The van der Waals surface area contributed by atoms with Crippen LogP contribution >= 0.6 is 0 Å². The van der Waals surface area contributed by atoms with Crippen molar-refractivity contribution in [1.82, 2.24) is 9.97 Å². The summed E-state index contributed by atoms with van der Waals surface area (Å²) in [5.41, 5.74) is 1.16. The maximum Gasteiger partial charge on any atom is 0.252 e. The Morgan fingerprint density at radius 1 is 1.27 bits per heavy atom. The Morgan fingerprint density at radius 3 is 2.36 bits per heavy atom. The molecule has 1 aromatic rings. The molecule has 4 saturated carbocycles. The van der Waals surface area contributed by atoms with Gasteiger partial charge in [0.25, 0.3) is 5.56 Å². The second-order valence-electron chi connectivity index (χ2n) is 8.12. The molecule has 0 aromatic carbocycles. The minimum atomic E-state index is -0.0598. The van der Waals surface area contributed by atoms with Gasteiger partial charge in [0.15, 0.2) is 0 Å². The SMILES string of the molecule is CCC(Nc1nc(C)cc(=O)[nH]1)C12CC3CC(CC(C3)C1)C2. The fourth-order valence-corrected chi connectivity index (χ4v) is 6.11. The van der Waals surface area contributed by atoms with Crippen molar-refractivity contribution < 1.29 is 0 Å². The Labute approximate surface area is 132 Å². The van der Waals surface area contributed by atoms with E-state index in [1.807, 2.05) is 6.92 Å². The third kappa shape index (κ3) is 2.37. The van der Waals surface area contributed by atoms with Crippen molar-refractivity contribution in [2.75, 3.05) is 5.32 Å². The van der Waals surface area contributed by atoms with E-state index in [1.54, 1.807) is 6.07 Å². The van der Waals surface area contributed by atoms with E-state index in [-0.39, 0.29) is 5.56 Å². The summed E-state index contributed by atoms with van der Waals surface area (Å²) in [6, 6.07) is 1.99. The molecule has 4 aliphatic carbocycles. The number of hydrogen-bond acceptors (Lipinski definition) is 3. The number of nitrogens with one attached hydrogen (secondary N) is 2. The average molecular weight is 301 g/mol. The van der Waals surface area contributed by atoms with Crippen LogP contribution in [0.15, 0.2) is 10.9 Å². The first-order valence-electron chi connectivity index (χ1n) is 8.91. The largest absolute Gasteiger partial charge is 0.352 e. The van der Waals surface area contributed by atoms with Gasteiger partial charge in [-0.25, -0.2) is 4.98 Å². The van der Waals surface area contributed by atoms with Crippen molar-refractivity contribution in [3.63, 3.8) is 0 Å². The summed E-state index contributed by atoms with van der Waals surface area (Å²) in [5, 5.41) is 3.60. The van der Waals surface area contributed by atoms with Crippen LogP contribution in [0, 0.1) is 30.1 Å². The second-order valence-corrected chi connectivity index (χ2v) is 8.12. The highest BCUT2D eigenvalue weighted by molar-refractivity contribution is 5.28. The maximum absolute atomic E-state index is 11.7. The summed E-state index contributed by atoms with van der Waals surface area (Å²) in [5.74, 6) is 3.51. The van der Waals surface area contributed by atoms with Crippen LogP contribution in [0.5, 0.6) is 0 Å². The van der Waals surface area contributed by atoms with Crippen molar-refractivity contribution in [3.8, 4) is 0 Å². The van der Waals surface area contributed by atoms with E-state index >= 15 is 0 Å². The van der Waals surface area contributed by atoms with Gasteiger partial charge in [-0.2, -0.15) is 0 Å². The zero-order valence-corrected chi connectivity index (χ0v) is 13.7. The van der Waals surface area contributed by atoms with Gasteiger partial charge in [-0.15, -0.1) is 0 Å². The molecule has 4 aliphatic rings. The average Bonchev–Trinajstić information content (AvgIpc) is 2.42. The molecule has 22 heavy (non-hydrogen) atoms. The molecular weight excluding hydrogens is 274 g/mol. The van der Waals surface area contributed by atoms with E-state index in [4.69, 9.17) is 0 Å². The zero-order valence-electron chi connectivity index (χ0n) is 13.7. The maximum atomic E-state index is 11.7. The van der Waals surface area contributed by atoms with E-state index in [1.165, 1.54) is 38.5 Å². The Kier molecular flexibility index (Phi) is 3.31. The van der Waals surface area contributed by atoms with Crippen LogP contribution in [-0.4, -0.2) is 16.0 Å². The fraction of sp³-hybridized carbons (Fsp3) is 0.778. The standard InChI is InChI=1S/C18H27N3O/c1-3-15(20-17-19-11(2)4-16(22)21-17)18-8-12-5-13(9-18)7-14(6-12)10-18/h4,12-15H,3,5-10H2,1-2H3,(H2,19,20,21,22). The van der Waals surface area contributed by atoms with Crippen molar-refractivity contribution in [2.45, 2.75) is 64.8 Å². The molecule has 0 radical (unpaired) electrons. The first kappa shape index (κ1) is 14.3. The second kappa shape index (κ2) is 5.10. The first-order valence-corrected chi connectivity index (χ1v) is 8.91. The predicted molar refractivity (Wildman–Crippen MR) is 87.9 cm³/mol. The molecule has 120 valence electrons. The summed E-state index contributed by atoms with van der Waals surface area (Å²) >= 11 is 0. The van der Waals surface area contributed by atoms with Crippen LogP contribution in [0.2, 0.25) is 0 Å². The number of nitrogens with zero attached hydrogens (tertiary/aromatic N) is 1. The quantitative estimate of drug-likeness (QED) is 0.895. The molecule has 0 saturated heterocycles. The molecule has 0 aliphatic heterocycles. The molecule has 1 aromatic heterocycles. The van der Waals surface area contributed by atoms with Crippen molar-refractivity contribution in [2.24, 2.45) is 23.2 Å². The Balaban J connectivity index is 1.60. The lowest BCUT2D eigenvalue weighted by Crippen LogP contribution is -2.53. The number of rotatable bonds is 4. The molecule has 1 atom stereocenters. The van der Waals surface area contributed by atoms with Gasteiger partial charge >= 0.3 is 0 Å². The highest BCUT2D eigenvalue weighted by atomic mass is 16.1. The van der Waals surface area contributed by atoms with Gasteiger partial charge in [-0.3, -0.25) is 9.78 Å². The van der Waals surface area contributed by atoms with Gasteiger partial charge in [0.05, 0.1) is 0 Å². The van der Waals surface area contributed by atoms with Gasteiger partial charge in [0.2, 0.25) is 5.95 Å². The third-order valence-electron chi connectivity index (χ3n) is 6.41. The summed E-state index contributed by atoms with van der Waals surface area (Å²) < 4.78 is 0. The molecule has 5 rings (SSSR count). The Bertz CT molecular complexity index is 586. The first-order chi connectivity index (χ1) is 10.6. The molecular formula is C18H27N3O. The smallest absolute Gasteiger partial charge is 0.252 e. The zero-order chi connectivity index (χ0) is 15.3. The number of aryl methyl sites for hydroxylation is 1. The predicted octanol–water partition coefficient (Wildman–Crippen LogP) is 3.49. The van der Waals surface area contributed by atoms with Crippen LogP contribution in [0.4, 0.5) is 5.95 Å². The van der Waals surface area contributed by atoms with E-state index in [0.29, 0.717) is 17.4 Å². The van der Waals surface area contributed by atoms with Crippen LogP contribution < -0.4 is 10.9 Å². The number of H-pyrrole nitrogens is 1. The minimum Gasteiger partial charge on any atom is -0.352 e. The van der Waals surface area contributed by atoms with E-state index in [0.717, 1.165) is 29.9 Å². The molecule has 2 N–H and O–H groups in total. The van der Waals surface area contributed by atoms with Crippen molar-refractivity contribution in [1.29, 1.82) is 0 Å². The summed E-state index contributed by atoms with van der Waals surface area (Å²) in [7, 11) is 0. The van der Waals surface area contributed by atoms with Crippen LogP contribution in [0.25, 0.3) is 0 Å². The van der Waals surface area contributed by atoms with E-state index in [2.05, 4.69) is 22.2 Å². The minimum absolute atomic E-state index is 0.0598.